The van der Waals surface area contributed by atoms with Crippen molar-refractivity contribution >= 4 is 30.4 Å². The second-order valence-corrected chi connectivity index (χ2v) is 8.16. The van der Waals surface area contributed by atoms with Crippen molar-refractivity contribution in [1.82, 2.24) is 29.2 Å². The van der Waals surface area contributed by atoms with Crippen LogP contribution in [0.2, 0.25) is 0 Å². The fourth-order valence-electron chi connectivity index (χ4n) is 4.66. The van der Waals surface area contributed by atoms with E-state index in [0.717, 1.165) is 18.8 Å². The van der Waals surface area contributed by atoms with E-state index in [1.165, 1.54) is 21.5 Å². The maximum Gasteiger partial charge on any atom is 0.280 e. The number of imidazole rings is 1. The zero-order chi connectivity index (χ0) is 21.3. The van der Waals surface area contributed by atoms with Gasteiger partial charge in [-0.05, 0) is 30.0 Å². The van der Waals surface area contributed by atoms with Gasteiger partial charge in [0, 0.05) is 31.7 Å². The highest BCUT2D eigenvalue weighted by Crippen LogP contribution is 2.57. The van der Waals surface area contributed by atoms with Crippen molar-refractivity contribution in [2.45, 2.75) is 12.5 Å². The molecule has 0 amide bonds. The minimum absolute atomic E-state index is 0.122. The summed E-state index contributed by atoms with van der Waals surface area (Å²) in [5.41, 5.74) is 1.49. The van der Waals surface area contributed by atoms with Crippen LogP contribution in [0, 0.1) is 17.7 Å². The molecule has 3 atom stereocenters. The van der Waals surface area contributed by atoms with E-state index in [0.29, 0.717) is 34.7 Å². The van der Waals surface area contributed by atoms with Crippen molar-refractivity contribution in [3.63, 3.8) is 0 Å². The van der Waals surface area contributed by atoms with Crippen LogP contribution in [0.5, 0.6) is 0 Å². The van der Waals surface area contributed by atoms with Gasteiger partial charge in [-0.15, -0.1) is 0 Å². The summed E-state index contributed by atoms with van der Waals surface area (Å²) in [6.45, 7) is 1.80. The molecule has 1 saturated carbocycles. The van der Waals surface area contributed by atoms with Crippen LogP contribution < -0.4 is 16.2 Å². The lowest BCUT2D eigenvalue weighted by Crippen LogP contribution is -2.24. The fourth-order valence-corrected chi connectivity index (χ4v) is 4.66. The third-order valence-electron chi connectivity index (χ3n) is 6.35. The van der Waals surface area contributed by atoms with Crippen LogP contribution in [0.3, 0.4) is 0 Å². The quantitative estimate of drug-likeness (QED) is 0.442. The van der Waals surface area contributed by atoms with Gasteiger partial charge < -0.3 is 14.0 Å². The molecule has 2 fully saturated rings. The first-order valence-electron chi connectivity index (χ1n) is 10.00. The third kappa shape index (κ3) is 2.87. The summed E-state index contributed by atoms with van der Waals surface area (Å²) in [4.78, 5) is 27.7. The Kier molecular flexibility index (Phi) is 3.83. The average molecular weight is 417 g/mol. The molecule has 4 aromatic rings. The fraction of sp³-hybridized carbons (Fsp3) is 0.350. The molecule has 9 nitrogen and oxygen atoms in total. The van der Waals surface area contributed by atoms with Crippen LogP contribution in [0.1, 0.15) is 17.6 Å². The van der Waals surface area contributed by atoms with Crippen molar-refractivity contribution in [3.8, 4) is 0 Å². The van der Waals surface area contributed by atoms with Gasteiger partial charge in [-0.25, -0.2) is 14.4 Å². The van der Waals surface area contributed by atoms with Crippen molar-refractivity contribution in [2.75, 3.05) is 18.0 Å². The predicted octanol–water partition coefficient (Wildman–Crippen LogP) is 0.344. The molecule has 31 heavy (non-hydrogen) atoms. The van der Waals surface area contributed by atoms with Gasteiger partial charge in [0.1, 0.15) is 18.7 Å². The number of benzene rings is 1. The number of nitrogens with zero attached hydrogens (tertiary/aromatic N) is 7. The summed E-state index contributed by atoms with van der Waals surface area (Å²) in [5.74, 6) is 1.86. The zero-order valence-corrected chi connectivity index (χ0v) is 16.6. The van der Waals surface area contributed by atoms with E-state index < -0.39 is 0 Å². The largest absolute Gasteiger partial charge is 0.371 e. The Morgan fingerprint density at radius 2 is 2.06 bits per heavy atom. The molecule has 3 aromatic heterocycles. The van der Waals surface area contributed by atoms with E-state index in [1.54, 1.807) is 19.2 Å². The molecule has 2 aliphatic rings. The lowest BCUT2D eigenvalue weighted by atomic mass is 10.1. The van der Waals surface area contributed by atoms with Gasteiger partial charge >= 0.3 is 0 Å². The summed E-state index contributed by atoms with van der Waals surface area (Å²) in [7, 11) is 7.44. The number of hydrogen-bond donors (Lipinski definition) is 0. The number of fused-ring (bicyclic) bond motifs is 2. The van der Waals surface area contributed by atoms with Crippen LogP contribution in [0.4, 0.5) is 10.1 Å². The molecule has 0 N–H and O–H groups in total. The number of aryl methyl sites for hydroxylation is 1. The molecule has 1 aliphatic carbocycles. The topological polar surface area (TPSA) is 94.9 Å². The van der Waals surface area contributed by atoms with E-state index in [9.17, 15) is 9.18 Å². The smallest absolute Gasteiger partial charge is 0.280 e. The lowest BCUT2D eigenvalue weighted by Gasteiger charge is -2.21. The van der Waals surface area contributed by atoms with Gasteiger partial charge in [0.15, 0.2) is 24.8 Å². The Hall–Kier alpha value is -3.50. The lowest BCUT2D eigenvalue weighted by molar-refractivity contribution is 0.363. The SMILES string of the molecule is [B]c1nc2ncn(Cc3nc(C4[C@H]5CN(c6cccc(F)c6)C[C@@H]45)no3)c(=O)c2n1C. The number of hydrogen-bond acceptors (Lipinski definition) is 7. The zero-order valence-electron chi connectivity index (χ0n) is 16.6. The average Bonchev–Trinajstić information content (AvgIpc) is 3.12. The highest BCUT2D eigenvalue weighted by molar-refractivity contribution is 6.30. The van der Waals surface area contributed by atoms with Gasteiger partial charge in [0.05, 0.1) is 5.72 Å². The molecule has 0 spiro atoms. The summed E-state index contributed by atoms with van der Waals surface area (Å²) in [6, 6.07) is 6.66. The predicted molar refractivity (Wildman–Crippen MR) is 110 cm³/mol. The number of piperidine rings is 1. The second-order valence-electron chi connectivity index (χ2n) is 8.16. The second kappa shape index (κ2) is 6.50. The highest BCUT2D eigenvalue weighted by atomic mass is 19.1. The first-order valence-corrected chi connectivity index (χ1v) is 10.00. The van der Waals surface area contributed by atoms with E-state index in [1.807, 2.05) is 6.07 Å². The molecule has 4 heterocycles. The minimum atomic E-state index is -0.273. The number of rotatable bonds is 4. The molecule has 1 saturated heterocycles. The minimum Gasteiger partial charge on any atom is -0.371 e. The molecule has 2 radical (unpaired) electrons. The van der Waals surface area contributed by atoms with Gasteiger partial charge in [0.25, 0.3) is 5.56 Å². The maximum atomic E-state index is 13.5. The summed E-state index contributed by atoms with van der Waals surface area (Å²) in [5, 5.41) is 4.14. The molecule has 6 rings (SSSR count). The normalized spacial score (nSPS) is 22.3. The van der Waals surface area contributed by atoms with Gasteiger partial charge in [0.2, 0.25) is 5.89 Å². The van der Waals surface area contributed by atoms with Crippen LogP contribution in [0.15, 0.2) is 39.9 Å². The summed E-state index contributed by atoms with van der Waals surface area (Å²) in [6.07, 6.45) is 1.41. The molecule has 1 unspecified atom stereocenters. The molecule has 1 aliphatic heterocycles. The van der Waals surface area contributed by atoms with Crippen LogP contribution >= 0.6 is 0 Å². The van der Waals surface area contributed by atoms with Crippen LogP contribution in [-0.4, -0.2) is 50.2 Å². The first kappa shape index (κ1) is 18.3. The Morgan fingerprint density at radius 3 is 2.84 bits per heavy atom. The number of aromatic nitrogens is 6. The summed E-state index contributed by atoms with van der Waals surface area (Å²) >= 11 is 0. The Morgan fingerprint density at radius 1 is 1.26 bits per heavy atom. The van der Waals surface area contributed by atoms with Crippen molar-refractivity contribution in [2.24, 2.45) is 18.9 Å². The van der Waals surface area contributed by atoms with E-state index in [2.05, 4.69) is 25.0 Å². The molecular formula is C20H17BFN7O2. The van der Waals surface area contributed by atoms with Crippen molar-refractivity contribution < 1.29 is 8.91 Å². The van der Waals surface area contributed by atoms with E-state index >= 15 is 0 Å². The van der Waals surface area contributed by atoms with E-state index in [4.69, 9.17) is 12.4 Å². The Bertz CT molecular complexity index is 1370. The third-order valence-corrected chi connectivity index (χ3v) is 6.35. The monoisotopic (exact) mass is 417 g/mol. The van der Waals surface area contributed by atoms with Crippen molar-refractivity contribution in [3.05, 3.63) is 58.5 Å². The van der Waals surface area contributed by atoms with Gasteiger partial charge in [-0.3, -0.25) is 9.36 Å². The molecule has 1 aromatic carbocycles. The van der Waals surface area contributed by atoms with Gasteiger partial charge in [-0.1, -0.05) is 11.2 Å². The van der Waals surface area contributed by atoms with Crippen LogP contribution in [-0.2, 0) is 13.6 Å². The van der Waals surface area contributed by atoms with E-state index in [-0.39, 0.29) is 29.6 Å². The molecule has 154 valence electrons. The molecule has 11 heteroatoms. The Balaban J connectivity index is 1.18. The first-order chi connectivity index (χ1) is 15.0. The van der Waals surface area contributed by atoms with Crippen molar-refractivity contribution in [1.29, 1.82) is 0 Å². The standard InChI is InChI=1S/C20H17BFN7O2/c1-27-16-18(25-20(27)21)23-9-29(19(16)30)8-14-24-17(26-31-14)15-12-6-28(7-13(12)15)11-4-2-3-10(22)5-11/h2-5,9,12-13,15H,6-8H2,1H3/t12-,13+,15?. The number of halogens is 1. The van der Waals surface area contributed by atoms with Gasteiger partial charge in [-0.2, -0.15) is 4.98 Å². The highest BCUT2D eigenvalue weighted by Gasteiger charge is 2.58. The molecular weight excluding hydrogens is 400 g/mol. The molecule has 0 bridgehead atoms. The van der Waals surface area contributed by atoms with Crippen LogP contribution in [0.25, 0.3) is 11.2 Å². The Labute approximate surface area is 176 Å². The maximum absolute atomic E-state index is 13.5. The number of anilines is 1. The summed E-state index contributed by atoms with van der Waals surface area (Å²) < 4.78 is 21.8.